The van der Waals surface area contributed by atoms with Gasteiger partial charge in [0.2, 0.25) is 0 Å². The van der Waals surface area contributed by atoms with Crippen molar-refractivity contribution < 1.29 is 23.7 Å². The van der Waals surface area contributed by atoms with Crippen LogP contribution in [-0.4, -0.2) is 71.4 Å². The van der Waals surface area contributed by atoms with Gasteiger partial charge in [-0.25, -0.2) is 0 Å². The van der Waals surface area contributed by atoms with Crippen molar-refractivity contribution in [2.75, 3.05) is 71.4 Å². The fourth-order valence-corrected chi connectivity index (χ4v) is 1.41. The SMILES string of the molecule is CCCOCCOCCOCCOCCOCCBr. The van der Waals surface area contributed by atoms with E-state index in [9.17, 15) is 0 Å². The number of hydrogen-bond donors (Lipinski definition) is 0. The highest BCUT2D eigenvalue weighted by molar-refractivity contribution is 9.09. The van der Waals surface area contributed by atoms with Crippen molar-refractivity contribution in [3.63, 3.8) is 0 Å². The molecule has 0 saturated carbocycles. The molecular weight excluding hydrogens is 316 g/mol. The molecule has 0 amide bonds. The van der Waals surface area contributed by atoms with Crippen LogP contribution in [0.5, 0.6) is 0 Å². The minimum absolute atomic E-state index is 0.591. The molecule has 0 fully saturated rings. The first-order valence-corrected chi connectivity index (χ1v) is 7.98. The second-order valence-electron chi connectivity index (χ2n) is 3.75. The van der Waals surface area contributed by atoms with Gasteiger partial charge >= 0.3 is 0 Å². The number of rotatable bonds is 16. The van der Waals surface area contributed by atoms with Gasteiger partial charge in [-0.1, -0.05) is 22.9 Å². The van der Waals surface area contributed by atoms with Crippen LogP contribution >= 0.6 is 15.9 Å². The van der Waals surface area contributed by atoms with E-state index in [0.29, 0.717) is 52.9 Å². The van der Waals surface area contributed by atoms with Gasteiger partial charge in [0.05, 0.1) is 59.5 Å². The molecule has 0 saturated heterocycles. The monoisotopic (exact) mass is 342 g/mol. The van der Waals surface area contributed by atoms with Crippen molar-refractivity contribution in [2.45, 2.75) is 13.3 Å². The summed E-state index contributed by atoms with van der Waals surface area (Å²) in [5.74, 6) is 0. The Hall–Kier alpha value is 0.280. The van der Waals surface area contributed by atoms with E-state index >= 15 is 0 Å². The smallest absolute Gasteiger partial charge is 0.0701 e. The summed E-state index contributed by atoms with van der Waals surface area (Å²) < 4.78 is 26.5. The average molecular weight is 343 g/mol. The fraction of sp³-hybridized carbons (Fsp3) is 1.00. The second kappa shape index (κ2) is 18.3. The average Bonchev–Trinajstić information content (AvgIpc) is 2.43. The quantitative estimate of drug-likeness (QED) is 0.316. The molecule has 0 aromatic rings. The van der Waals surface area contributed by atoms with Gasteiger partial charge in [0.25, 0.3) is 0 Å². The molecule has 0 unspecified atom stereocenters. The van der Waals surface area contributed by atoms with Gasteiger partial charge < -0.3 is 23.7 Å². The maximum absolute atomic E-state index is 5.35. The molecule has 6 heteroatoms. The van der Waals surface area contributed by atoms with Gasteiger partial charge in [0.1, 0.15) is 0 Å². The zero-order chi connectivity index (χ0) is 14.0. The van der Waals surface area contributed by atoms with E-state index in [0.717, 1.165) is 25.0 Å². The Morgan fingerprint density at radius 2 is 0.842 bits per heavy atom. The van der Waals surface area contributed by atoms with Crippen molar-refractivity contribution in [1.82, 2.24) is 0 Å². The van der Waals surface area contributed by atoms with E-state index in [2.05, 4.69) is 22.9 Å². The van der Waals surface area contributed by atoms with Gasteiger partial charge in [-0.15, -0.1) is 0 Å². The molecule has 0 aliphatic rings. The predicted molar refractivity (Wildman–Crippen MR) is 78.2 cm³/mol. The van der Waals surface area contributed by atoms with Crippen LogP contribution in [-0.2, 0) is 23.7 Å². The summed E-state index contributed by atoms with van der Waals surface area (Å²) in [6.07, 6.45) is 1.05. The lowest BCUT2D eigenvalue weighted by Crippen LogP contribution is -2.13. The van der Waals surface area contributed by atoms with Crippen LogP contribution in [0.15, 0.2) is 0 Å². The lowest BCUT2D eigenvalue weighted by molar-refractivity contribution is -0.00994. The highest BCUT2D eigenvalue weighted by atomic mass is 79.9. The van der Waals surface area contributed by atoms with Crippen LogP contribution in [0.25, 0.3) is 0 Å². The molecule has 0 rings (SSSR count). The Morgan fingerprint density at radius 1 is 0.526 bits per heavy atom. The Bertz CT molecular complexity index is 144. The van der Waals surface area contributed by atoms with E-state index in [1.54, 1.807) is 0 Å². The third-order valence-electron chi connectivity index (χ3n) is 2.06. The maximum atomic E-state index is 5.35. The lowest BCUT2D eigenvalue weighted by Gasteiger charge is -2.07. The van der Waals surface area contributed by atoms with Gasteiger partial charge in [-0.3, -0.25) is 0 Å². The summed E-state index contributed by atoms with van der Waals surface area (Å²) >= 11 is 3.29. The summed E-state index contributed by atoms with van der Waals surface area (Å²) in [5.41, 5.74) is 0. The largest absolute Gasteiger partial charge is 0.379 e. The third-order valence-corrected chi connectivity index (χ3v) is 2.38. The molecule has 0 aromatic carbocycles. The van der Waals surface area contributed by atoms with Crippen LogP contribution in [0.3, 0.4) is 0 Å². The molecule has 19 heavy (non-hydrogen) atoms. The highest BCUT2D eigenvalue weighted by Crippen LogP contribution is 1.85. The van der Waals surface area contributed by atoms with Crippen LogP contribution in [0.1, 0.15) is 13.3 Å². The van der Waals surface area contributed by atoms with E-state index in [1.807, 2.05) is 0 Å². The third kappa shape index (κ3) is 18.3. The number of halogens is 1. The zero-order valence-electron chi connectivity index (χ0n) is 11.9. The molecule has 0 aliphatic carbocycles. The maximum Gasteiger partial charge on any atom is 0.0701 e. The number of hydrogen-bond acceptors (Lipinski definition) is 5. The van der Waals surface area contributed by atoms with E-state index in [-0.39, 0.29) is 0 Å². The van der Waals surface area contributed by atoms with E-state index in [1.165, 1.54) is 0 Å². The second-order valence-corrected chi connectivity index (χ2v) is 4.54. The Kier molecular flexibility index (Phi) is 18.5. The molecular formula is C13H27BrO5. The minimum Gasteiger partial charge on any atom is -0.379 e. The van der Waals surface area contributed by atoms with Gasteiger partial charge in [0, 0.05) is 11.9 Å². The molecule has 0 atom stereocenters. The van der Waals surface area contributed by atoms with Gasteiger partial charge in [-0.05, 0) is 6.42 Å². The van der Waals surface area contributed by atoms with Crippen molar-refractivity contribution in [2.24, 2.45) is 0 Å². The van der Waals surface area contributed by atoms with E-state index < -0.39 is 0 Å². The lowest BCUT2D eigenvalue weighted by atomic mass is 10.5. The summed E-state index contributed by atoms with van der Waals surface area (Å²) in [6.45, 7) is 8.52. The summed E-state index contributed by atoms with van der Waals surface area (Å²) in [7, 11) is 0. The molecule has 0 N–H and O–H groups in total. The Labute approximate surface area is 125 Å². The van der Waals surface area contributed by atoms with Crippen LogP contribution in [0.4, 0.5) is 0 Å². The number of alkyl halides is 1. The fourth-order valence-electron chi connectivity index (χ4n) is 1.18. The number of ether oxygens (including phenoxy) is 5. The molecule has 0 bridgehead atoms. The zero-order valence-corrected chi connectivity index (χ0v) is 13.5. The van der Waals surface area contributed by atoms with Gasteiger partial charge in [-0.2, -0.15) is 0 Å². The normalized spacial score (nSPS) is 11.1. The van der Waals surface area contributed by atoms with Crippen molar-refractivity contribution in [1.29, 1.82) is 0 Å². The van der Waals surface area contributed by atoms with Crippen molar-refractivity contribution in [3.8, 4) is 0 Å². The first kappa shape index (κ1) is 19.3. The topological polar surface area (TPSA) is 46.2 Å². The Balaban J connectivity index is 2.88. The predicted octanol–water partition coefficient (Wildman–Crippen LogP) is 1.87. The molecule has 0 radical (unpaired) electrons. The first-order valence-electron chi connectivity index (χ1n) is 6.86. The van der Waals surface area contributed by atoms with Crippen LogP contribution in [0, 0.1) is 0 Å². The van der Waals surface area contributed by atoms with Gasteiger partial charge in [0.15, 0.2) is 0 Å². The molecule has 0 spiro atoms. The van der Waals surface area contributed by atoms with Crippen LogP contribution in [0.2, 0.25) is 0 Å². The summed E-state index contributed by atoms with van der Waals surface area (Å²) in [5, 5.41) is 0.861. The molecule has 5 nitrogen and oxygen atoms in total. The molecule has 116 valence electrons. The summed E-state index contributed by atoms with van der Waals surface area (Å²) in [4.78, 5) is 0. The first-order chi connectivity index (χ1) is 9.41. The van der Waals surface area contributed by atoms with Crippen molar-refractivity contribution >= 4 is 15.9 Å². The van der Waals surface area contributed by atoms with E-state index in [4.69, 9.17) is 23.7 Å². The summed E-state index contributed by atoms with van der Waals surface area (Å²) in [6, 6.07) is 0. The molecule has 0 heterocycles. The molecule has 0 aliphatic heterocycles. The molecule has 0 aromatic heterocycles. The highest BCUT2D eigenvalue weighted by Gasteiger charge is 1.92. The van der Waals surface area contributed by atoms with Crippen LogP contribution < -0.4 is 0 Å². The standard InChI is InChI=1S/C13H27BrO5/c1-2-4-15-6-8-17-10-12-19-13-11-18-9-7-16-5-3-14/h2-13H2,1H3. The minimum atomic E-state index is 0.591. The Morgan fingerprint density at radius 3 is 1.16 bits per heavy atom. The van der Waals surface area contributed by atoms with Crippen molar-refractivity contribution in [3.05, 3.63) is 0 Å².